The molecule has 0 N–H and O–H groups in total. The van der Waals surface area contributed by atoms with Crippen LogP contribution in [0.1, 0.15) is 16.7 Å². The minimum atomic E-state index is 0.944. The van der Waals surface area contributed by atoms with E-state index >= 15 is 0 Å². The van der Waals surface area contributed by atoms with Gasteiger partial charge in [0.2, 0.25) is 0 Å². The molecule has 3 heterocycles. The van der Waals surface area contributed by atoms with E-state index in [0.717, 1.165) is 39.3 Å². The number of aryl methyl sites for hydroxylation is 2. The third kappa shape index (κ3) is 5.69. The van der Waals surface area contributed by atoms with Gasteiger partial charge in [0, 0.05) is 44.0 Å². The molecule has 0 aliphatic rings. The SMILES string of the molecule is Cc1cc(-c2ccccc2-c2cccc(-c3ccccc3-c3cc(C)cc(-n4c5ccccc5c5ccccc54)c3C)n2)cc(-n2c3ccccc3c3ccccc32)c1. The molecule has 0 unspecified atom stereocenters. The third-order valence-electron chi connectivity index (χ3n) is 12.0. The molecule has 3 aromatic heterocycles. The Hall–Kier alpha value is -7.49. The molecule has 0 spiro atoms. The van der Waals surface area contributed by atoms with Gasteiger partial charge in [-0.25, -0.2) is 4.98 Å². The summed E-state index contributed by atoms with van der Waals surface area (Å²) in [6.45, 7) is 6.66. The van der Waals surface area contributed by atoms with Crippen LogP contribution in [0.5, 0.6) is 0 Å². The number of hydrogen-bond acceptors (Lipinski definition) is 1. The molecule has 0 aliphatic carbocycles. The Bertz CT molecular complexity index is 3330. The molecule has 11 aromatic rings. The van der Waals surface area contributed by atoms with Gasteiger partial charge in [-0.1, -0.05) is 140 Å². The summed E-state index contributed by atoms with van der Waals surface area (Å²) in [5.74, 6) is 0. The third-order valence-corrected chi connectivity index (χ3v) is 12.0. The monoisotopic (exact) mass is 755 g/mol. The summed E-state index contributed by atoms with van der Waals surface area (Å²) in [6.07, 6.45) is 0. The van der Waals surface area contributed by atoms with Crippen LogP contribution in [0.15, 0.2) is 194 Å². The number of nitrogens with zero attached hydrogens (tertiary/aromatic N) is 3. The Kier molecular flexibility index (Phi) is 8.16. The van der Waals surface area contributed by atoms with E-state index < -0.39 is 0 Å². The molecule has 11 rings (SSSR count). The van der Waals surface area contributed by atoms with Crippen LogP contribution in [-0.2, 0) is 0 Å². The second-order valence-corrected chi connectivity index (χ2v) is 15.8. The van der Waals surface area contributed by atoms with E-state index in [2.05, 4.69) is 224 Å². The zero-order valence-electron chi connectivity index (χ0n) is 33.3. The highest BCUT2D eigenvalue weighted by atomic mass is 15.0. The van der Waals surface area contributed by atoms with Crippen molar-refractivity contribution in [1.29, 1.82) is 0 Å². The average Bonchev–Trinajstić information content (AvgIpc) is 3.80. The molecule has 3 nitrogen and oxygen atoms in total. The van der Waals surface area contributed by atoms with E-state index in [1.54, 1.807) is 0 Å². The maximum Gasteiger partial charge on any atom is 0.0715 e. The molecule has 0 atom stereocenters. The summed E-state index contributed by atoms with van der Waals surface area (Å²) >= 11 is 0. The topological polar surface area (TPSA) is 22.8 Å². The molecule has 0 radical (unpaired) electrons. The van der Waals surface area contributed by atoms with Gasteiger partial charge in [-0.05, 0) is 114 Å². The second-order valence-electron chi connectivity index (χ2n) is 15.8. The summed E-state index contributed by atoms with van der Waals surface area (Å²) in [5, 5.41) is 5.05. The number of aromatic nitrogens is 3. The smallest absolute Gasteiger partial charge is 0.0715 e. The van der Waals surface area contributed by atoms with E-state index in [0.29, 0.717) is 0 Å². The molecule has 59 heavy (non-hydrogen) atoms. The second kappa shape index (κ2) is 13.9. The summed E-state index contributed by atoms with van der Waals surface area (Å²) in [5.41, 5.74) is 19.6. The van der Waals surface area contributed by atoms with Crippen molar-refractivity contribution in [1.82, 2.24) is 14.1 Å². The van der Waals surface area contributed by atoms with Crippen molar-refractivity contribution in [3.05, 3.63) is 211 Å². The van der Waals surface area contributed by atoms with Crippen LogP contribution in [0, 0.1) is 20.8 Å². The lowest BCUT2D eigenvalue weighted by atomic mass is 9.91. The van der Waals surface area contributed by atoms with Crippen molar-refractivity contribution in [3.63, 3.8) is 0 Å². The first-order valence-electron chi connectivity index (χ1n) is 20.4. The van der Waals surface area contributed by atoms with Gasteiger partial charge in [-0.2, -0.15) is 0 Å². The van der Waals surface area contributed by atoms with E-state index in [1.807, 2.05) is 0 Å². The average molecular weight is 756 g/mol. The molecule has 0 saturated heterocycles. The number of para-hydroxylation sites is 4. The van der Waals surface area contributed by atoms with E-state index in [9.17, 15) is 0 Å². The first-order chi connectivity index (χ1) is 29.0. The molecule has 0 fully saturated rings. The maximum absolute atomic E-state index is 5.46. The Labute approximate surface area is 344 Å². The summed E-state index contributed by atoms with van der Waals surface area (Å²) in [4.78, 5) is 5.46. The standard InChI is InChI=1S/C56H41N3/c1-36-31-39(35-40(32-36)58-52-27-12-8-21-45(52)46-22-9-13-28-53(46)58)41-17-4-6-19-43(41)50-25-16-26-51(57-50)44-20-7-5-18-42(44)49-33-37(2)34-56(38(49)3)59-54-29-14-10-23-47(54)48-24-11-15-30-55(48)59/h4-35H,1-3H3. The predicted molar refractivity (Wildman–Crippen MR) is 249 cm³/mol. The first-order valence-corrected chi connectivity index (χ1v) is 20.4. The molecular formula is C56H41N3. The van der Waals surface area contributed by atoms with Crippen molar-refractivity contribution in [2.75, 3.05) is 0 Å². The summed E-state index contributed by atoms with van der Waals surface area (Å²) in [6, 6.07) is 70.4. The highest BCUT2D eigenvalue weighted by Crippen LogP contribution is 2.41. The van der Waals surface area contributed by atoms with Gasteiger partial charge in [0.25, 0.3) is 0 Å². The van der Waals surface area contributed by atoms with Gasteiger partial charge >= 0.3 is 0 Å². The van der Waals surface area contributed by atoms with Crippen LogP contribution >= 0.6 is 0 Å². The Morgan fingerprint density at radius 2 is 0.780 bits per heavy atom. The first kappa shape index (κ1) is 34.7. The quantitative estimate of drug-likeness (QED) is 0.166. The van der Waals surface area contributed by atoms with Gasteiger partial charge in [-0.3, -0.25) is 0 Å². The Morgan fingerprint density at radius 3 is 1.34 bits per heavy atom. The minimum Gasteiger partial charge on any atom is -0.309 e. The normalized spacial score (nSPS) is 11.6. The number of hydrogen-bond donors (Lipinski definition) is 0. The molecule has 0 saturated carbocycles. The number of fused-ring (bicyclic) bond motifs is 6. The maximum atomic E-state index is 5.46. The van der Waals surface area contributed by atoms with Crippen LogP contribution < -0.4 is 0 Å². The van der Waals surface area contributed by atoms with Gasteiger partial charge in [-0.15, -0.1) is 0 Å². The fourth-order valence-corrected chi connectivity index (χ4v) is 9.42. The lowest BCUT2D eigenvalue weighted by Gasteiger charge is -2.19. The number of pyridine rings is 1. The highest BCUT2D eigenvalue weighted by Gasteiger charge is 2.20. The molecule has 0 aliphatic heterocycles. The van der Waals surface area contributed by atoms with E-state index in [-0.39, 0.29) is 0 Å². The largest absolute Gasteiger partial charge is 0.309 e. The number of benzene rings is 8. The summed E-state index contributed by atoms with van der Waals surface area (Å²) < 4.78 is 4.84. The van der Waals surface area contributed by atoms with Crippen LogP contribution in [0.25, 0.3) is 99.8 Å². The Balaban J connectivity index is 1.03. The van der Waals surface area contributed by atoms with Gasteiger partial charge in [0.15, 0.2) is 0 Å². The molecule has 0 bridgehead atoms. The molecular weight excluding hydrogens is 715 g/mol. The van der Waals surface area contributed by atoms with Crippen LogP contribution in [0.3, 0.4) is 0 Å². The van der Waals surface area contributed by atoms with Crippen LogP contribution in [0.4, 0.5) is 0 Å². The molecule has 8 aromatic carbocycles. The van der Waals surface area contributed by atoms with Gasteiger partial charge in [0.05, 0.1) is 33.5 Å². The zero-order chi connectivity index (χ0) is 39.6. The minimum absolute atomic E-state index is 0.944. The molecule has 280 valence electrons. The van der Waals surface area contributed by atoms with Crippen molar-refractivity contribution >= 4 is 43.6 Å². The lowest BCUT2D eigenvalue weighted by molar-refractivity contribution is 1.14. The number of rotatable bonds is 6. The van der Waals surface area contributed by atoms with Crippen molar-refractivity contribution in [2.45, 2.75) is 20.8 Å². The zero-order valence-corrected chi connectivity index (χ0v) is 33.3. The fourth-order valence-electron chi connectivity index (χ4n) is 9.42. The van der Waals surface area contributed by atoms with Crippen LogP contribution in [-0.4, -0.2) is 14.1 Å². The fraction of sp³-hybridized carbons (Fsp3) is 0.0536. The van der Waals surface area contributed by atoms with Crippen molar-refractivity contribution < 1.29 is 0 Å². The predicted octanol–water partition coefficient (Wildman–Crippen LogP) is 14.9. The summed E-state index contributed by atoms with van der Waals surface area (Å²) in [7, 11) is 0. The highest BCUT2D eigenvalue weighted by molar-refractivity contribution is 6.10. The van der Waals surface area contributed by atoms with Gasteiger partial charge in [0.1, 0.15) is 0 Å². The van der Waals surface area contributed by atoms with Gasteiger partial charge < -0.3 is 9.13 Å². The van der Waals surface area contributed by atoms with Crippen molar-refractivity contribution in [2.24, 2.45) is 0 Å². The van der Waals surface area contributed by atoms with Crippen molar-refractivity contribution in [3.8, 4) is 56.1 Å². The lowest BCUT2D eigenvalue weighted by Crippen LogP contribution is -2.01. The Morgan fingerprint density at radius 1 is 0.339 bits per heavy atom. The van der Waals surface area contributed by atoms with E-state index in [1.165, 1.54) is 77.1 Å². The van der Waals surface area contributed by atoms with E-state index in [4.69, 9.17) is 4.98 Å². The van der Waals surface area contributed by atoms with Crippen LogP contribution in [0.2, 0.25) is 0 Å². The molecule has 3 heteroatoms. The molecule has 0 amide bonds.